The highest BCUT2D eigenvalue weighted by molar-refractivity contribution is 7.95. The number of rotatable bonds is 9. The van der Waals surface area contributed by atoms with Crippen LogP contribution in [-0.2, 0) is 29.3 Å². The van der Waals surface area contributed by atoms with Crippen LogP contribution in [0.2, 0.25) is 0 Å². The van der Waals surface area contributed by atoms with E-state index in [9.17, 15) is 26.4 Å². The lowest BCUT2D eigenvalue weighted by molar-refractivity contribution is -0.121. The van der Waals surface area contributed by atoms with E-state index in [0.29, 0.717) is 5.41 Å². The Bertz CT molecular complexity index is 591. The predicted octanol–water partition coefficient (Wildman–Crippen LogP) is -1.32. The molecule has 0 aromatic rings. The van der Waals surface area contributed by atoms with Gasteiger partial charge in [-0.2, -0.15) is 0 Å². The van der Waals surface area contributed by atoms with Gasteiger partial charge in [-0.15, -0.1) is 0 Å². The van der Waals surface area contributed by atoms with Crippen molar-refractivity contribution in [1.82, 2.24) is 10.6 Å². The molecule has 10 heteroatoms. The Kier molecular flexibility index (Phi) is 7.14. The third kappa shape index (κ3) is 8.43. The maximum Gasteiger partial charge on any atom is 0.236 e. The van der Waals surface area contributed by atoms with Gasteiger partial charge in [0.1, 0.15) is 5.75 Å². The SMILES string of the molecule is C=CS(=O)(=O)CCC(=O)NCNC(=O)CS(=O)(=O)C=C. The highest BCUT2D eigenvalue weighted by atomic mass is 32.2. The van der Waals surface area contributed by atoms with E-state index in [4.69, 9.17) is 0 Å². The molecule has 114 valence electrons. The second kappa shape index (κ2) is 7.80. The Morgan fingerprint density at radius 3 is 1.90 bits per heavy atom. The standard InChI is InChI=1S/C10H16N2O6S2/c1-3-19(15,16)6-5-9(13)11-8-12-10(14)7-20(17,18)4-2/h3-4H,1-2,5-8H2,(H,11,13)(H,12,14). The zero-order chi connectivity index (χ0) is 15.8. The summed E-state index contributed by atoms with van der Waals surface area (Å²) in [6.45, 7) is 5.85. The van der Waals surface area contributed by atoms with Gasteiger partial charge in [0.05, 0.1) is 12.4 Å². The molecule has 2 N–H and O–H groups in total. The highest BCUT2D eigenvalue weighted by Gasteiger charge is 2.13. The molecule has 0 heterocycles. The number of hydrogen-bond donors (Lipinski definition) is 2. The average Bonchev–Trinajstić information content (AvgIpc) is 2.36. The van der Waals surface area contributed by atoms with Crippen LogP contribution in [0.15, 0.2) is 24.0 Å². The van der Waals surface area contributed by atoms with Crippen LogP contribution in [0.25, 0.3) is 0 Å². The quantitative estimate of drug-likeness (QED) is 0.507. The van der Waals surface area contributed by atoms with E-state index in [1.807, 2.05) is 0 Å². The number of nitrogens with one attached hydrogen (secondary N) is 2. The van der Waals surface area contributed by atoms with Gasteiger partial charge in [-0.1, -0.05) is 13.2 Å². The van der Waals surface area contributed by atoms with E-state index in [1.165, 1.54) is 0 Å². The minimum absolute atomic E-state index is 0.283. The molecule has 0 aromatic heterocycles. The van der Waals surface area contributed by atoms with Crippen LogP contribution in [0.5, 0.6) is 0 Å². The van der Waals surface area contributed by atoms with Crippen molar-refractivity contribution >= 4 is 31.5 Å². The fourth-order valence-corrected chi connectivity index (χ4v) is 2.16. The van der Waals surface area contributed by atoms with Crippen LogP contribution in [0.3, 0.4) is 0 Å². The molecule has 20 heavy (non-hydrogen) atoms. The van der Waals surface area contributed by atoms with E-state index < -0.39 is 37.2 Å². The van der Waals surface area contributed by atoms with Crippen LogP contribution in [0.1, 0.15) is 6.42 Å². The van der Waals surface area contributed by atoms with Gasteiger partial charge in [0.15, 0.2) is 19.7 Å². The molecule has 0 radical (unpaired) electrons. The van der Waals surface area contributed by atoms with Crippen LogP contribution in [0.4, 0.5) is 0 Å². The molecule has 0 unspecified atom stereocenters. The van der Waals surface area contributed by atoms with Gasteiger partial charge in [0, 0.05) is 17.2 Å². The monoisotopic (exact) mass is 324 g/mol. The van der Waals surface area contributed by atoms with Crippen LogP contribution >= 0.6 is 0 Å². The van der Waals surface area contributed by atoms with Crippen molar-refractivity contribution in [2.75, 3.05) is 18.2 Å². The molecule has 0 bridgehead atoms. The van der Waals surface area contributed by atoms with E-state index in [-0.39, 0.29) is 18.8 Å². The maximum absolute atomic E-state index is 11.2. The number of hydrogen-bond acceptors (Lipinski definition) is 6. The molecule has 2 amide bonds. The van der Waals surface area contributed by atoms with Gasteiger partial charge in [-0.05, 0) is 0 Å². The van der Waals surface area contributed by atoms with Gasteiger partial charge >= 0.3 is 0 Å². The number of carbonyl (C=O) groups excluding carboxylic acids is 2. The summed E-state index contributed by atoms with van der Waals surface area (Å²) in [5, 5.41) is 5.78. The van der Waals surface area contributed by atoms with Crippen molar-refractivity contribution in [3.8, 4) is 0 Å². The molecule has 0 aliphatic rings. The smallest absolute Gasteiger partial charge is 0.236 e. The molecule has 0 aliphatic carbocycles. The van der Waals surface area contributed by atoms with Gasteiger partial charge < -0.3 is 10.6 Å². The fraction of sp³-hybridized carbons (Fsp3) is 0.400. The Hall–Kier alpha value is -1.68. The number of carbonyl (C=O) groups is 2. The summed E-state index contributed by atoms with van der Waals surface area (Å²) in [4.78, 5) is 22.4. The molecule has 0 aliphatic heterocycles. The van der Waals surface area contributed by atoms with E-state index >= 15 is 0 Å². The van der Waals surface area contributed by atoms with Gasteiger partial charge in [-0.25, -0.2) is 16.8 Å². The lowest BCUT2D eigenvalue weighted by atomic mass is 10.4. The van der Waals surface area contributed by atoms with E-state index in [0.717, 1.165) is 5.41 Å². The molecule has 0 atom stereocenters. The van der Waals surface area contributed by atoms with Gasteiger partial charge in [-0.3, -0.25) is 9.59 Å². The van der Waals surface area contributed by atoms with Crippen molar-refractivity contribution in [3.63, 3.8) is 0 Å². The van der Waals surface area contributed by atoms with Crippen molar-refractivity contribution < 1.29 is 26.4 Å². The zero-order valence-electron chi connectivity index (χ0n) is 10.7. The first-order chi connectivity index (χ1) is 9.12. The largest absolute Gasteiger partial charge is 0.339 e. The summed E-state index contributed by atoms with van der Waals surface area (Å²) in [7, 11) is -7.11. The molecular formula is C10H16N2O6S2. The van der Waals surface area contributed by atoms with Gasteiger partial charge in [0.25, 0.3) is 0 Å². The van der Waals surface area contributed by atoms with E-state index in [1.54, 1.807) is 0 Å². The minimum atomic E-state index is -3.65. The van der Waals surface area contributed by atoms with E-state index in [2.05, 4.69) is 23.8 Å². The summed E-state index contributed by atoms with van der Waals surface area (Å²) in [5.74, 6) is -2.55. The topological polar surface area (TPSA) is 126 Å². The molecule has 0 saturated carbocycles. The van der Waals surface area contributed by atoms with Gasteiger partial charge in [0.2, 0.25) is 11.8 Å². The third-order valence-electron chi connectivity index (χ3n) is 2.02. The molecular weight excluding hydrogens is 308 g/mol. The Morgan fingerprint density at radius 1 is 0.900 bits per heavy atom. The number of amides is 2. The van der Waals surface area contributed by atoms with Crippen molar-refractivity contribution in [3.05, 3.63) is 24.0 Å². The Labute approximate surface area is 117 Å². The molecule has 0 spiro atoms. The Balaban J connectivity index is 4.02. The van der Waals surface area contributed by atoms with Crippen molar-refractivity contribution in [1.29, 1.82) is 0 Å². The summed E-state index contributed by atoms with van der Waals surface area (Å²) < 4.78 is 44.1. The number of sulfone groups is 2. The first kappa shape index (κ1) is 18.3. The first-order valence-electron chi connectivity index (χ1n) is 5.35. The van der Waals surface area contributed by atoms with Crippen LogP contribution < -0.4 is 10.6 Å². The molecule has 0 aromatic carbocycles. The maximum atomic E-state index is 11.2. The second-order valence-electron chi connectivity index (χ2n) is 3.63. The lowest BCUT2D eigenvalue weighted by Gasteiger charge is -2.06. The van der Waals surface area contributed by atoms with Crippen molar-refractivity contribution in [2.45, 2.75) is 6.42 Å². The molecule has 0 rings (SSSR count). The predicted molar refractivity (Wildman–Crippen MR) is 73.7 cm³/mol. The average molecular weight is 324 g/mol. The third-order valence-corrected chi connectivity index (χ3v) is 4.48. The first-order valence-corrected chi connectivity index (χ1v) is 8.79. The molecule has 8 nitrogen and oxygen atoms in total. The second-order valence-corrected chi connectivity index (χ2v) is 7.65. The summed E-state index contributed by atoms with van der Waals surface area (Å²) in [6, 6.07) is 0. The molecule has 0 saturated heterocycles. The fourth-order valence-electron chi connectivity index (χ4n) is 0.941. The summed E-state index contributed by atoms with van der Waals surface area (Å²) in [5.41, 5.74) is 0. The normalized spacial score (nSPS) is 11.4. The zero-order valence-corrected chi connectivity index (χ0v) is 12.3. The van der Waals surface area contributed by atoms with Crippen molar-refractivity contribution in [2.24, 2.45) is 0 Å². The van der Waals surface area contributed by atoms with Crippen LogP contribution in [0, 0.1) is 0 Å². The highest BCUT2D eigenvalue weighted by Crippen LogP contribution is 1.94. The Morgan fingerprint density at radius 2 is 1.40 bits per heavy atom. The summed E-state index contributed by atoms with van der Waals surface area (Å²) in [6.07, 6.45) is -0.283. The van der Waals surface area contributed by atoms with Crippen LogP contribution in [-0.4, -0.2) is 46.8 Å². The lowest BCUT2D eigenvalue weighted by Crippen LogP contribution is -2.39. The summed E-state index contributed by atoms with van der Waals surface area (Å²) >= 11 is 0. The minimum Gasteiger partial charge on any atom is -0.339 e. The molecule has 0 fully saturated rings.